The molecule has 1 amide bonds. The summed E-state index contributed by atoms with van der Waals surface area (Å²) in [5, 5.41) is 5.60. The van der Waals surface area contributed by atoms with E-state index in [9.17, 15) is 9.59 Å². The average molecular weight is 551 g/mol. The summed E-state index contributed by atoms with van der Waals surface area (Å²) in [6, 6.07) is 16.6. The number of amidine groups is 1. The molecule has 2 aliphatic heterocycles. The fourth-order valence-corrected chi connectivity index (χ4v) is 5.22. The van der Waals surface area contributed by atoms with Crippen LogP contribution in [0, 0.1) is 0 Å². The minimum absolute atomic E-state index is 0.0969. The zero-order valence-electron chi connectivity index (χ0n) is 22.7. The van der Waals surface area contributed by atoms with Gasteiger partial charge in [-0.1, -0.05) is 42.1 Å². The number of nitrogens with one attached hydrogen (secondary N) is 1. The molecule has 0 spiro atoms. The van der Waals surface area contributed by atoms with Gasteiger partial charge in [0.2, 0.25) is 5.91 Å². The quantitative estimate of drug-likeness (QED) is 0.309. The Morgan fingerprint density at radius 1 is 1.08 bits per heavy atom. The van der Waals surface area contributed by atoms with Crippen LogP contribution in [0.2, 0.25) is 0 Å². The summed E-state index contributed by atoms with van der Waals surface area (Å²) < 4.78 is 16.7. The van der Waals surface area contributed by atoms with Crippen molar-refractivity contribution in [2.45, 2.75) is 19.4 Å². The molecule has 2 aromatic carbocycles. The van der Waals surface area contributed by atoms with Gasteiger partial charge < -0.3 is 29.3 Å². The molecule has 39 heavy (non-hydrogen) atoms. The molecule has 206 valence electrons. The summed E-state index contributed by atoms with van der Waals surface area (Å²) in [6.45, 7) is 3.51. The number of carbonyl (C=O) groups is 2. The van der Waals surface area contributed by atoms with E-state index in [1.54, 1.807) is 14.0 Å². The van der Waals surface area contributed by atoms with Crippen LogP contribution in [0.3, 0.4) is 0 Å². The van der Waals surface area contributed by atoms with Gasteiger partial charge in [-0.15, -0.1) is 0 Å². The number of nitrogens with zero attached hydrogens (tertiary/aromatic N) is 3. The molecule has 0 saturated carbocycles. The molecule has 0 radical (unpaired) electrons. The average Bonchev–Trinajstić information content (AvgIpc) is 3.30. The highest BCUT2D eigenvalue weighted by Gasteiger charge is 2.41. The Morgan fingerprint density at radius 3 is 2.59 bits per heavy atom. The molecule has 2 aromatic rings. The molecular weight excluding hydrogens is 516 g/mol. The highest BCUT2D eigenvalue weighted by molar-refractivity contribution is 8.16. The lowest BCUT2D eigenvalue weighted by Crippen LogP contribution is -2.38. The van der Waals surface area contributed by atoms with Crippen molar-refractivity contribution < 1.29 is 23.8 Å². The Balaban J connectivity index is 1.66. The second kappa shape index (κ2) is 13.5. The van der Waals surface area contributed by atoms with Gasteiger partial charge in [0.05, 0.1) is 30.3 Å². The van der Waals surface area contributed by atoms with Crippen molar-refractivity contribution in [1.29, 1.82) is 0 Å². The maximum atomic E-state index is 13.4. The number of rotatable bonds is 12. The zero-order valence-corrected chi connectivity index (χ0v) is 23.5. The van der Waals surface area contributed by atoms with Crippen molar-refractivity contribution in [3.63, 3.8) is 0 Å². The van der Waals surface area contributed by atoms with Gasteiger partial charge in [-0.05, 0) is 56.3 Å². The van der Waals surface area contributed by atoms with E-state index in [4.69, 9.17) is 19.2 Å². The molecule has 0 fully saturated rings. The predicted molar refractivity (Wildman–Crippen MR) is 152 cm³/mol. The van der Waals surface area contributed by atoms with Crippen LogP contribution in [0.25, 0.3) is 0 Å². The number of amides is 1. The molecule has 1 atom stereocenters. The number of allylic oxidation sites excluding steroid dienone is 1. The van der Waals surface area contributed by atoms with E-state index in [1.165, 1.54) is 11.8 Å². The molecule has 0 aromatic heterocycles. The molecule has 9 nitrogen and oxygen atoms in total. The summed E-state index contributed by atoms with van der Waals surface area (Å²) in [7, 11) is 5.47. The molecule has 2 heterocycles. The smallest absolute Gasteiger partial charge is 0.338 e. The molecule has 4 rings (SSSR count). The van der Waals surface area contributed by atoms with Gasteiger partial charge in [0.15, 0.2) is 5.17 Å². The molecule has 2 aliphatic rings. The molecule has 0 aliphatic carbocycles. The molecule has 1 N–H and O–H groups in total. The van der Waals surface area contributed by atoms with Gasteiger partial charge in [0.25, 0.3) is 0 Å². The van der Waals surface area contributed by atoms with Crippen molar-refractivity contribution >= 4 is 28.8 Å². The predicted octanol–water partition coefficient (Wildman–Crippen LogP) is 4.31. The second-order valence-electron chi connectivity index (χ2n) is 9.34. The number of thioether (sulfide) groups is 1. The van der Waals surface area contributed by atoms with Crippen molar-refractivity contribution in [2.24, 2.45) is 4.99 Å². The summed E-state index contributed by atoms with van der Waals surface area (Å²) in [5.41, 5.74) is 2.55. The number of aliphatic imine (C=N–C) groups is 1. The first-order valence-corrected chi connectivity index (χ1v) is 13.6. The standard InChI is InChI=1S/C29H34N4O5S/c1-20-26(28(35)37-16-15-36-4)27(21-9-8-12-24(17-21)38-23-10-6-5-7-11-23)33-22(19-39-29(33)31-20)18-25(34)30-13-14-32(2)3/h5-12,17,19,27H,13-16,18H2,1-4H3,(H,30,34)/t27-/m1/s1. The third-order valence-corrected chi connectivity index (χ3v) is 7.01. The topological polar surface area (TPSA) is 92.7 Å². The van der Waals surface area contributed by atoms with Crippen LogP contribution >= 0.6 is 11.8 Å². The van der Waals surface area contributed by atoms with Crippen molar-refractivity contribution in [3.8, 4) is 11.5 Å². The number of hydrogen-bond acceptors (Lipinski definition) is 9. The second-order valence-corrected chi connectivity index (χ2v) is 10.2. The van der Waals surface area contributed by atoms with Crippen molar-refractivity contribution in [1.82, 2.24) is 15.1 Å². The van der Waals surface area contributed by atoms with E-state index < -0.39 is 12.0 Å². The lowest BCUT2D eigenvalue weighted by molar-refractivity contribution is -0.141. The van der Waals surface area contributed by atoms with E-state index in [-0.39, 0.29) is 25.5 Å². The minimum atomic E-state index is -0.553. The van der Waals surface area contributed by atoms with Crippen LogP contribution in [0.5, 0.6) is 11.5 Å². The SMILES string of the molecule is COCCOC(=O)C1=C(C)N=C2SC=C(CC(=O)NCCN(C)C)N2[C@@H]1c1cccc(Oc2ccccc2)c1. The number of likely N-dealkylation sites (N-methyl/N-ethyl adjacent to an activating group) is 1. The lowest BCUT2D eigenvalue weighted by atomic mass is 9.93. The molecule has 0 saturated heterocycles. The zero-order chi connectivity index (χ0) is 27.8. The summed E-state index contributed by atoms with van der Waals surface area (Å²) in [4.78, 5) is 34.9. The monoisotopic (exact) mass is 550 g/mol. The largest absolute Gasteiger partial charge is 0.460 e. The third-order valence-electron chi connectivity index (χ3n) is 6.12. The first-order chi connectivity index (χ1) is 18.9. The molecule has 0 unspecified atom stereocenters. The van der Waals surface area contributed by atoms with E-state index in [1.807, 2.05) is 83.9 Å². The Hall–Kier alpha value is -3.60. The summed E-state index contributed by atoms with van der Waals surface area (Å²) in [6.07, 6.45) is 0.154. The van der Waals surface area contributed by atoms with Gasteiger partial charge in [-0.3, -0.25) is 4.79 Å². The summed E-state index contributed by atoms with van der Waals surface area (Å²) >= 11 is 1.44. The van der Waals surface area contributed by atoms with Gasteiger partial charge in [0.1, 0.15) is 18.1 Å². The van der Waals surface area contributed by atoms with Gasteiger partial charge in [-0.25, -0.2) is 9.79 Å². The van der Waals surface area contributed by atoms with E-state index >= 15 is 0 Å². The van der Waals surface area contributed by atoms with Crippen LogP contribution in [0.4, 0.5) is 0 Å². The fraction of sp³-hybridized carbons (Fsp3) is 0.345. The van der Waals surface area contributed by atoms with E-state index in [0.717, 1.165) is 17.8 Å². The lowest BCUT2D eigenvalue weighted by Gasteiger charge is -2.36. The Bertz CT molecular complexity index is 1280. The molecular formula is C29H34N4O5S. The Labute approximate surface area is 233 Å². The Morgan fingerprint density at radius 2 is 1.85 bits per heavy atom. The number of carbonyl (C=O) groups excluding carboxylic acids is 2. The number of fused-ring (bicyclic) bond motifs is 1. The van der Waals surface area contributed by atoms with E-state index in [0.29, 0.717) is 34.5 Å². The van der Waals surface area contributed by atoms with Gasteiger partial charge in [0, 0.05) is 25.9 Å². The van der Waals surface area contributed by atoms with Crippen LogP contribution in [0.1, 0.15) is 24.9 Å². The van der Waals surface area contributed by atoms with Crippen LogP contribution in [-0.2, 0) is 19.1 Å². The number of benzene rings is 2. The van der Waals surface area contributed by atoms with Gasteiger partial charge in [-0.2, -0.15) is 0 Å². The Kier molecular flexibility index (Phi) is 9.80. The summed E-state index contributed by atoms with van der Waals surface area (Å²) in [5.74, 6) is 0.767. The van der Waals surface area contributed by atoms with Crippen molar-refractivity contribution in [3.05, 3.63) is 82.5 Å². The maximum Gasteiger partial charge on any atom is 0.338 e. The first kappa shape index (κ1) is 28.4. The molecule has 10 heteroatoms. The number of para-hydroxylation sites is 1. The number of esters is 1. The van der Waals surface area contributed by atoms with Crippen LogP contribution in [-0.4, -0.2) is 74.4 Å². The van der Waals surface area contributed by atoms with Crippen LogP contribution < -0.4 is 10.1 Å². The normalized spacial score (nSPS) is 16.5. The maximum absolute atomic E-state index is 13.4. The highest BCUT2D eigenvalue weighted by Crippen LogP contribution is 2.45. The highest BCUT2D eigenvalue weighted by atomic mass is 32.2. The fourth-order valence-electron chi connectivity index (χ4n) is 4.26. The van der Waals surface area contributed by atoms with E-state index in [2.05, 4.69) is 5.32 Å². The number of methoxy groups -OCH3 is 1. The first-order valence-electron chi connectivity index (χ1n) is 12.7. The van der Waals surface area contributed by atoms with Crippen LogP contribution in [0.15, 0.2) is 82.0 Å². The minimum Gasteiger partial charge on any atom is -0.460 e. The number of ether oxygens (including phenoxy) is 3. The van der Waals surface area contributed by atoms with Gasteiger partial charge >= 0.3 is 5.97 Å². The third kappa shape index (κ3) is 7.29. The number of hydrogen-bond donors (Lipinski definition) is 1. The molecule has 0 bridgehead atoms. The van der Waals surface area contributed by atoms with Crippen molar-refractivity contribution in [2.75, 3.05) is 47.5 Å².